The van der Waals surface area contributed by atoms with E-state index in [2.05, 4.69) is 0 Å². The molecule has 1 aliphatic carbocycles. The predicted molar refractivity (Wildman–Crippen MR) is 59.1 cm³/mol. The van der Waals surface area contributed by atoms with Crippen molar-refractivity contribution < 1.29 is 23.1 Å². The van der Waals surface area contributed by atoms with E-state index in [1.165, 1.54) is 0 Å². The molecule has 1 aromatic carbocycles. The summed E-state index contributed by atoms with van der Waals surface area (Å²) in [6.45, 7) is 0. The van der Waals surface area contributed by atoms with Crippen LogP contribution in [0, 0.1) is 11.7 Å². The Hall–Kier alpha value is -1.52. The lowest BCUT2D eigenvalue weighted by molar-refractivity contribution is -0.137. The third-order valence-electron chi connectivity index (χ3n) is 3.26. The van der Waals surface area contributed by atoms with E-state index in [0.717, 1.165) is 31.0 Å². The van der Waals surface area contributed by atoms with Gasteiger partial charge in [-0.3, -0.25) is 4.79 Å². The molecule has 2 nitrogen and oxygen atoms in total. The van der Waals surface area contributed by atoms with E-state index < -0.39 is 24.1 Å². The molecule has 98 valence electrons. The number of hydrogen-bond acceptors (Lipinski definition) is 1. The second-order valence-corrected chi connectivity index (χ2v) is 4.62. The smallest absolute Gasteiger partial charge is 0.303 e. The molecule has 1 N–H and O–H groups in total. The summed E-state index contributed by atoms with van der Waals surface area (Å²) >= 11 is 0. The average molecular weight is 258 g/mol. The van der Waals surface area contributed by atoms with Gasteiger partial charge in [-0.05, 0) is 36.5 Å². The molecule has 1 aromatic rings. The molecule has 0 saturated heterocycles. The molecule has 18 heavy (non-hydrogen) atoms. The van der Waals surface area contributed by atoms with Crippen molar-refractivity contribution in [3.63, 3.8) is 0 Å². The van der Waals surface area contributed by atoms with Gasteiger partial charge in [0.1, 0.15) is 5.82 Å². The van der Waals surface area contributed by atoms with E-state index in [-0.39, 0.29) is 23.5 Å². The topological polar surface area (TPSA) is 37.3 Å². The predicted octanol–water partition coefficient (Wildman–Crippen LogP) is 3.73. The van der Waals surface area contributed by atoms with Crippen molar-refractivity contribution in [2.45, 2.75) is 31.6 Å². The number of aliphatic carboxylic acids is 1. The highest BCUT2D eigenvalue weighted by molar-refractivity contribution is 5.68. The van der Waals surface area contributed by atoms with Crippen molar-refractivity contribution in [2.75, 3.05) is 0 Å². The molecule has 0 spiro atoms. The van der Waals surface area contributed by atoms with Gasteiger partial charge in [-0.25, -0.2) is 13.2 Å². The highest BCUT2D eigenvalue weighted by atomic mass is 19.3. The van der Waals surface area contributed by atoms with Gasteiger partial charge in [-0.1, -0.05) is 6.07 Å². The van der Waals surface area contributed by atoms with Gasteiger partial charge in [0.25, 0.3) is 6.43 Å². The number of hydrogen-bond donors (Lipinski definition) is 1. The van der Waals surface area contributed by atoms with Gasteiger partial charge >= 0.3 is 5.97 Å². The molecule has 0 aromatic heterocycles. The minimum atomic E-state index is -2.67. The number of carbonyl (C=O) groups is 1. The fourth-order valence-electron chi connectivity index (χ4n) is 2.20. The lowest BCUT2D eigenvalue weighted by atomic mass is 9.89. The Bertz CT molecular complexity index is 456. The Morgan fingerprint density at radius 1 is 1.39 bits per heavy atom. The van der Waals surface area contributed by atoms with Crippen molar-refractivity contribution >= 4 is 5.97 Å². The first-order valence-corrected chi connectivity index (χ1v) is 5.78. The van der Waals surface area contributed by atoms with E-state index >= 15 is 0 Å². The summed E-state index contributed by atoms with van der Waals surface area (Å²) in [4.78, 5) is 10.8. The van der Waals surface area contributed by atoms with Crippen molar-refractivity contribution in [3.8, 4) is 0 Å². The van der Waals surface area contributed by atoms with Gasteiger partial charge in [0.2, 0.25) is 0 Å². The quantitative estimate of drug-likeness (QED) is 0.873. The molecule has 2 rings (SSSR count). The molecule has 0 amide bonds. The van der Waals surface area contributed by atoms with E-state index in [9.17, 15) is 18.0 Å². The van der Waals surface area contributed by atoms with E-state index in [1.807, 2.05) is 0 Å². The van der Waals surface area contributed by atoms with E-state index in [1.54, 1.807) is 0 Å². The van der Waals surface area contributed by atoms with Crippen molar-refractivity contribution in [3.05, 3.63) is 35.1 Å². The Labute approximate surface area is 102 Å². The van der Waals surface area contributed by atoms with Crippen LogP contribution >= 0.6 is 0 Å². The maximum absolute atomic E-state index is 13.7. The van der Waals surface area contributed by atoms with Crippen LogP contribution in [0.5, 0.6) is 0 Å². The summed E-state index contributed by atoms with van der Waals surface area (Å²) in [5, 5.41) is 8.82. The highest BCUT2D eigenvalue weighted by Gasteiger charge is 2.35. The maximum atomic E-state index is 13.7. The molecule has 5 heteroatoms. The van der Waals surface area contributed by atoms with Gasteiger partial charge in [0.05, 0.1) is 6.42 Å². The van der Waals surface area contributed by atoms with Crippen LogP contribution in [0.3, 0.4) is 0 Å². The van der Waals surface area contributed by atoms with Crippen LogP contribution in [0.1, 0.15) is 42.7 Å². The monoisotopic (exact) mass is 258 g/mol. The molecule has 1 fully saturated rings. The second-order valence-electron chi connectivity index (χ2n) is 4.62. The van der Waals surface area contributed by atoms with Crippen LogP contribution in [-0.4, -0.2) is 11.1 Å². The number of rotatable bonds is 5. The van der Waals surface area contributed by atoms with Crippen LogP contribution in [0.15, 0.2) is 18.2 Å². The molecular formula is C13H13F3O2. The molecule has 0 aliphatic heterocycles. The first-order chi connectivity index (χ1) is 8.49. The van der Waals surface area contributed by atoms with E-state index in [0.29, 0.717) is 0 Å². The molecule has 1 aliphatic rings. The summed E-state index contributed by atoms with van der Waals surface area (Å²) in [6.07, 6.45) is -1.23. The zero-order valence-electron chi connectivity index (χ0n) is 9.57. The van der Waals surface area contributed by atoms with Gasteiger partial charge in [-0.15, -0.1) is 0 Å². The van der Waals surface area contributed by atoms with Crippen molar-refractivity contribution in [2.24, 2.45) is 5.92 Å². The van der Waals surface area contributed by atoms with Crippen LogP contribution in [0.25, 0.3) is 0 Å². The number of alkyl halides is 2. The van der Waals surface area contributed by atoms with E-state index in [4.69, 9.17) is 5.11 Å². The van der Waals surface area contributed by atoms with Crippen LogP contribution in [0.2, 0.25) is 0 Å². The highest BCUT2D eigenvalue weighted by Crippen LogP contribution is 2.45. The first kappa shape index (κ1) is 12.9. The largest absolute Gasteiger partial charge is 0.481 e. The Balaban J connectivity index is 2.33. The zero-order valence-corrected chi connectivity index (χ0v) is 9.57. The van der Waals surface area contributed by atoms with Crippen LogP contribution < -0.4 is 0 Å². The molecule has 0 heterocycles. The summed E-state index contributed by atoms with van der Waals surface area (Å²) in [5.74, 6) is -2.03. The maximum Gasteiger partial charge on any atom is 0.303 e. The average Bonchev–Trinajstić information content (AvgIpc) is 3.10. The molecule has 1 atom stereocenters. The third-order valence-corrected chi connectivity index (χ3v) is 3.26. The number of carboxylic acid groups (broad SMARTS) is 1. The molecule has 1 saturated carbocycles. The van der Waals surface area contributed by atoms with Gasteiger partial charge in [0.15, 0.2) is 0 Å². The molecule has 1 unspecified atom stereocenters. The van der Waals surface area contributed by atoms with Crippen LogP contribution in [-0.2, 0) is 4.79 Å². The first-order valence-electron chi connectivity index (χ1n) is 5.78. The van der Waals surface area contributed by atoms with Crippen molar-refractivity contribution in [1.82, 2.24) is 0 Å². The minimum absolute atomic E-state index is 0.100. The zero-order chi connectivity index (χ0) is 13.3. The summed E-state index contributed by atoms with van der Waals surface area (Å²) in [7, 11) is 0. The van der Waals surface area contributed by atoms with Gasteiger partial charge < -0.3 is 5.11 Å². The lowest BCUT2D eigenvalue weighted by Gasteiger charge is -2.16. The Kier molecular flexibility index (Phi) is 3.59. The Morgan fingerprint density at radius 3 is 2.56 bits per heavy atom. The number of carboxylic acids is 1. The summed E-state index contributed by atoms with van der Waals surface area (Å²) in [6, 6.07) is 3.13. The Morgan fingerprint density at radius 2 is 2.06 bits per heavy atom. The molecule has 0 bridgehead atoms. The molecule has 0 radical (unpaired) electrons. The summed E-state index contributed by atoms with van der Waals surface area (Å²) < 4.78 is 38.8. The van der Waals surface area contributed by atoms with Crippen molar-refractivity contribution in [1.29, 1.82) is 0 Å². The van der Waals surface area contributed by atoms with Gasteiger partial charge in [0, 0.05) is 11.5 Å². The fraction of sp³-hybridized carbons (Fsp3) is 0.462. The SMILES string of the molecule is O=C(O)CC(c1cc(C(F)F)ccc1F)C1CC1. The third kappa shape index (κ3) is 2.83. The summed E-state index contributed by atoms with van der Waals surface area (Å²) in [5.41, 5.74) is -0.153. The normalized spacial score (nSPS) is 16.9. The fourth-order valence-corrected chi connectivity index (χ4v) is 2.20. The van der Waals surface area contributed by atoms with Crippen LogP contribution in [0.4, 0.5) is 13.2 Å². The minimum Gasteiger partial charge on any atom is -0.481 e. The number of benzene rings is 1. The standard InChI is InChI=1S/C13H13F3O2/c14-11-4-3-8(13(15)16)5-10(11)9(6-12(17)18)7-1-2-7/h3-5,7,9,13H,1-2,6H2,(H,17,18). The second kappa shape index (κ2) is 5.00. The molecular weight excluding hydrogens is 245 g/mol. The van der Waals surface area contributed by atoms with Gasteiger partial charge in [-0.2, -0.15) is 0 Å². The lowest BCUT2D eigenvalue weighted by Crippen LogP contribution is -2.10. The number of halogens is 3.